The van der Waals surface area contributed by atoms with E-state index in [1.807, 2.05) is 5.32 Å². The number of anilines is 1. The molecule has 0 spiro atoms. The fraction of sp³-hybridized carbons (Fsp3) is 0.125. The molecule has 0 aliphatic heterocycles. The maximum atomic E-state index is 13.5. The quantitative estimate of drug-likeness (QED) is 0.482. The van der Waals surface area contributed by atoms with Gasteiger partial charge in [0.25, 0.3) is 11.6 Å². The summed E-state index contributed by atoms with van der Waals surface area (Å²) in [4.78, 5) is 33.9. The van der Waals surface area contributed by atoms with Crippen LogP contribution in [0.25, 0.3) is 0 Å². The molecule has 2 rings (SSSR count). The molecular weight excluding hydrogens is 355 g/mol. The lowest BCUT2D eigenvalue weighted by Gasteiger charge is -2.09. The Morgan fingerprint density at radius 1 is 1.12 bits per heavy atom. The number of carbonyl (C=O) groups excluding carboxylic acids is 2. The van der Waals surface area contributed by atoms with Crippen molar-refractivity contribution in [2.24, 2.45) is 0 Å². The summed E-state index contributed by atoms with van der Waals surface area (Å²) in [5.74, 6) is -6.38. The summed E-state index contributed by atoms with van der Waals surface area (Å²) in [6, 6.07) is 5.24. The average Bonchev–Trinajstić information content (AvgIpc) is 2.60. The van der Waals surface area contributed by atoms with Gasteiger partial charge in [-0.2, -0.15) is 0 Å². The van der Waals surface area contributed by atoms with Gasteiger partial charge in [0, 0.05) is 17.2 Å². The number of carbonyl (C=O) groups is 2. The Hall–Kier alpha value is -3.43. The SMILES string of the molecule is Cc1ccc(C(=O)NCC(=O)Nc2ccc(F)c(F)c2F)cc1[N+](=O)[O-]. The van der Waals surface area contributed by atoms with Crippen LogP contribution in [-0.2, 0) is 4.79 Å². The maximum Gasteiger partial charge on any atom is 0.273 e. The molecule has 2 aromatic rings. The summed E-state index contributed by atoms with van der Waals surface area (Å²) in [6.45, 7) is 0.891. The highest BCUT2D eigenvalue weighted by Crippen LogP contribution is 2.20. The van der Waals surface area contributed by atoms with Crippen molar-refractivity contribution in [3.05, 3.63) is 69.0 Å². The van der Waals surface area contributed by atoms with Crippen LogP contribution in [0.5, 0.6) is 0 Å². The molecule has 0 aliphatic rings. The van der Waals surface area contributed by atoms with Gasteiger partial charge < -0.3 is 10.6 Å². The second kappa shape index (κ2) is 7.64. The average molecular weight is 367 g/mol. The smallest absolute Gasteiger partial charge is 0.273 e. The first kappa shape index (κ1) is 18.9. The fourth-order valence-corrected chi connectivity index (χ4v) is 2.03. The minimum atomic E-state index is -1.74. The van der Waals surface area contributed by atoms with E-state index in [2.05, 4.69) is 5.32 Å². The predicted molar refractivity (Wildman–Crippen MR) is 85.1 cm³/mol. The third kappa shape index (κ3) is 4.15. The molecule has 0 aromatic heterocycles. The molecule has 0 fully saturated rings. The predicted octanol–water partition coefficient (Wildman–Crippen LogP) is 2.69. The molecule has 0 radical (unpaired) electrons. The first-order chi connectivity index (χ1) is 12.2. The van der Waals surface area contributed by atoms with Crippen LogP contribution < -0.4 is 10.6 Å². The van der Waals surface area contributed by atoms with Crippen molar-refractivity contribution in [3.8, 4) is 0 Å². The summed E-state index contributed by atoms with van der Waals surface area (Å²) < 4.78 is 39.4. The number of nitrogens with one attached hydrogen (secondary N) is 2. The minimum absolute atomic E-state index is 0.0471. The Morgan fingerprint density at radius 3 is 2.46 bits per heavy atom. The molecule has 0 saturated heterocycles. The standard InChI is InChI=1S/C16H12F3N3O4/c1-8-2-3-9(6-12(8)22(25)26)16(24)20-7-13(23)21-11-5-4-10(17)14(18)15(11)19/h2-6H,7H2,1H3,(H,20,24)(H,21,23). The Labute approximate surface area is 145 Å². The van der Waals surface area contributed by atoms with Crippen LogP contribution in [0, 0.1) is 34.5 Å². The number of benzene rings is 2. The molecule has 0 bridgehead atoms. The first-order valence-electron chi connectivity index (χ1n) is 7.17. The number of nitro benzene ring substituents is 1. The largest absolute Gasteiger partial charge is 0.343 e. The highest BCUT2D eigenvalue weighted by molar-refractivity contribution is 5.99. The Kier molecular flexibility index (Phi) is 5.55. The second-order valence-electron chi connectivity index (χ2n) is 5.21. The van der Waals surface area contributed by atoms with Crippen molar-refractivity contribution in [1.29, 1.82) is 0 Å². The van der Waals surface area contributed by atoms with Gasteiger partial charge in [-0.3, -0.25) is 19.7 Å². The normalized spacial score (nSPS) is 10.3. The number of halogens is 3. The van der Waals surface area contributed by atoms with Gasteiger partial charge in [-0.25, -0.2) is 13.2 Å². The maximum absolute atomic E-state index is 13.5. The molecule has 2 N–H and O–H groups in total. The van der Waals surface area contributed by atoms with Crippen molar-refractivity contribution in [2.75, 3.05) is 11.9 Å². The van der Waals surface area contributed by atoms with E-state index < -0.39 is 46.4 Å². The third-order valence-electron chi connectivity index (χ3n) is 3.39. The van der Waals surface area contributed by atoms with Gasteiger partial charge in [0.15, 0.2) is 17.5 Å². The second-order valence-corrected chi connectivity index (χ2v) is 5.21. The molecule has 0 unspecified atom stereocenters. The number of hydrogen-bond donors (Lipinski definition) is 2. The van der Waals surface area contributed by atoms with E-state index in [1.165, 1.54) is 19.1 Å². The summed E-state index contributed by atoms with van der Waals surface area (Å²) >= 11 is 0. The van der Waals surface area contributed by atoms with Crippen molar-refractivity contribution in [1.82, 2.24) is 5.32 Å². The van der Waals surface area contributed by atoms with Crippen LogP contribution >= 0.6 is 0 Å². The zero-order valence-corrected chi connectivity index (χ0v) is 13.3. The third-order valence-corrected chi connectivity index (χ3v) is 3.39. The van der Waals surface area contributed by atoms with Gasteiger partial charge >= 0.3 is 0 Å². The Balaban J connectivity index is 2.01. The monoisotopic (exact) mass is 367 g/mol. The molecule has 0 heterocycles. The summed E-state index contributed by atoms with van der Waals surface area (Å²) in [6.07, 6.45) is 0. The van der Waals surface area contributed by atoms with Gasteiger partial charge in [0.1, 0.15) is 0 Å². The van der Waals surface area contributed by atoms with E-state index in [4.69, 9.17) is 0 Å². The van der Waals surface area contributed by atoms with Gasteiger partial charge in [0.05, 0.1) is 17.2 Å². The van der Waals surface area contributed by atoms with E-state index in [9.17, 15) is 32.9 Å². The molecule has 26 heavy (non-hydrogen) atoms. The van der Waals surface area contributed by atoms with E-state index in [0.717, 1.165) is 12.1 Å². The lowest BCUT2D eigenvalue weighted by Crippen LogP contribution is -2.33. The summed E-state index contributed by atoms with van der Waals surface area (Å²) in [5.41, 5.74) is -0.535. The van der Waals surface area contributed by atoms with E-state index in [1.54, 1.807) is 0 Å². The van der Waals surface area contributed by atoms with Crippen molar-refractivity contribution in [3.63, 3.8) is 0 Å². The minimum Gasteiger partial charge on any atom is -0.343 e. The Morgan fingerprint density at radius 2 is 1.81 bits per heavy atom. The lowest BCUT2D eigenvalue weighted by atomic mass is 10.1. The lowest BCUT2D eigenvalue weighted by molar-refractivity contribution is -0.385. The zero-order chi connectivity index (χ0) is 19.4. The van der Waals surface area contributed by atoms with Crippen LogP contribution in [0.15, 0.2) is 30.3 Å². The molecule has 7 nitrogen and oxygen atoms in total. The number of rotatable bonds is 5. The molecular formula is C16H12F3N3O4. The first-order valence-corrected chi connectivity index (χ1v) is 7.17. The molecule has 2 amide bonds. The number of nitro groups is 1. The van der Waals surface area contributed by atoms with Gasteiger partial charge in [-0.05, 0) is 25.1 Å². The molecule has 0 saturated carbocycles. The van der Waals surface area contributed by atoms with Crippen LogP contribution in [-0.4, -0.2) is 23.3 Å². The van der Waals surface area contributed by atoms with Crippen molar-refractivity contribution in [2.45, 2.75) is 6.92 Å². The summed E-state index contributed by atoms with van der Waals surface area (Å²) in [7, 11) is 0. The topological polar surface area (TPSA) is 101 Å². The van der Waals surface area contributed by atoms with Crippen LogP contribution in [0.1, 0.15) is 15.9 Å². The Bertz CT molecular complexity index is 903. The van der Waals surface area contributed by atoms with Crippen LogP contribution in [0.4, 0.5) is 24.5 Å². The highest BCUT2D eigenvalue weighted by atomic mass is 19.2. The van der Waals surface area contributed by atoms with E-state index in [-0.39, 0.29) is 11.3 Å². The van der Waals surface area contributed by atoms with E-state index in [0.29, 0.717) is 11.6 Å². The molecule has 0 aliphatic carbocycles. The molecule has 0 atom stereocenters. The van der Waals surface area contributed by atoms with Crippen molar-refractivity contribution >= 4 is 23.2 Å². The zero-order valence-electron chi connectivity index (χ0n) is 13.3. The van der Waals surface area contributed by atoms with Gasteiger partial charge in [-0.15, -0.1) is 0 Å². The molecule has 2 aromatic carbocycles. The van der Waals surface area contributed by atoms with E-state index >= 15 is 0 Å². The molecule has 10 heteroatoms. The van der Waals surface area contributed by atoms with Crippen LogP contribution in [0.3, 0.4) is 0 Å². The van der Waals surface area contributed by atoms with Crippen molar-refractivity contribution < 1.29 is 27.7 Å². The number of nitrogens with zero attached hydrogens (tertiary/aromatic N) is 1. The van der Waals surface area contributed by atoms with Crippen LogP contribution in [0.2, 0.25) is 0 Å². The molecule has 136 valence electrons. The summed E-state index contributed by atoms with van der Waals surface area (Å²) in [5, 5.41) is 15.0. The number of amides is 2. The highest BCUT2D eigenvalue weighted by Gasteiger charge is 2.17. The van der Waals surface area contributed by atoms with Gasteiger partial charge in [0.2, 0.25) is 5.91 Å². The van der Waals surface area contributed by atoms with Gasteiger partial charge in [-0.1, -0.05) is 6.07 Å². The number of aryl methyl sites for hydroxylation is 1. The number of hydrogen-bond acceptors (Lipinski definition) is 4. The fourth-order valence-electron chi connectivity index (χ4n) is 2.03.